The molecular weight excluding hydrogens is 172 g/mol. The first-order valence-corrected chi connectivity index (χ1v) is 4.05. The molecular formula is C8H8N2OS. The number of fused-ring (bicyclic) bond motifs is 1. The Hall–Kier alpha value is -1.29. The molecule has 0 spiro atoms. The van der Waals surface area contributed by atoms with Gasteiger partial charge in [-0.05, 0) is 12.1 Å². The maximum absolute atomic E-state index is 5.57. The Bertz CT molecular complexity index is 327. The number of ether oxygens (including phenoxy) is 1. The van der Waals surface area contributed by atoms with Crippen molar-refractivity contribution in [3.8, 4) is 5.75 Å². The topological polar surface area (TPSA) is 47.3 Å². The Morgan fingerprint density at radius 2 is 2.42 bits per heavy atom. The van der Waals surface area contributed by atoms with E-state index in [1.807, 2.05) is 12.1 Å². The van der Waals surface area contributed by atoms with E-state index in [1.54, 1.807) is 6.07 Å². The van der Waals surface area contributed by atoms with Gasteiger partial charge in [-0.15, -0.1) is 0 Å². The molecule has 1 aliphatic heterocycles. The molecule has 0 saturated carbocycles. The van der Waals surface area contributed by atoms with Crippen molar-refractivity contribution < 1.29 is 4.74 Å². The number of thiocarbonyl (C=S) groups is 1. The van der Waals surface area contributed by atoms with Crippen molar-refractivity contribution >= 4 is 29.0 Å². The van der Waals surface area contributed by atoms with Gasteiger partial charge in [0.25, 0.3) is 0 Å². The normalized spacial score (nSPS) is 19.2. The number of hydrogen-bond acceptors (Lipinski definition) is 4. The Kier molecular flexibility index (Phi) is 1.62. The molecule has 4 heteroatoms. The summed E-state index contributed by atoms with van der Waals surface area (Å²) in [6.07, 6.45) is -0.197. The molecule has 1 aromatic carbocycles. The van der Waals surface area contributed by atoms with Crippen molar-refractivity contribution in [3.63, 3.8) is 0 Å². The van der Waals surface area contributed by atoms with Crippen LogP contribution in [0.2, 0.25) is 0 Å². The molecule has 1 aromatic rings. The highest BCUT2D eigenvalue weighted by atomic mass is 32.1. The minimum absolute atomic E-state index is 0.197. The van der Waals surface area contributed by atoms with Crippen LogP contribution >= 0.6 is 12.2 Å². The van der Waals surface area contributed by atoms with Gasteiger partial charge in [0.05, 0.1) is 5.69 Å². The fourth-order valence-corrected chi connectivity index (χ4v) is 1.26. The van der Waals surface area contributed by atoms with E-state index in [4.69, 9.17) is 22.7 Å². The maximum atomic E-state index is 5.57. The Morgan fingerprint density at radius 3 is 3.17 bits per heavy atom. The molecule has 1 unspecified atom stereocenters. The van der Waals surface area contributed by atoms with Crippen molar-refractivity contribution in [2.45, 2.75) is 6.23 Å². The molecule has 1 heterocycles. The molecule has 0 fully saturated rings. The highest BCUT2D eigenvalue weighted by molar-refractivity contribution is 7.79. The van der Waals surface area contributed by atoms with E-state index in [-0.39, 0.29) is 6.23 Å². The number of nitrogens with two attached hydrogens (primary N) is 1. The molecule has 3 N–H and O–H groups in total. The van der Waals surface area contributed by atoms with Gasteiger partial charge in [-0.3, -0.25) is 0 Å². The average Bonchev–Trinajstić information content (AvgIpc) is 2.46. The van der Waals surface area contributed by atoms with E-state index >= 15 is 0 Å². The highest BCUT2D eigenvalue weighted by Gasteiger charge is 2.18. The van der Waals surface area contributed by atoms with Crippen molar-refractivity contribution in [2.75, 3.05) is 11.1 Å². The standard InChI is InChI=1S/C8H8N2OS/c9-5-1-2-6-7(3-5)11-8(4-12)10-6/h1-4,8,10H,9H2. The van der Waals surface area contributed by atoms with Crippen LogP contribution in [0.1, 0.15) is 0 Å². The number of anilines is 2. The summed E-state index contributed by atoms with van der Waals surface area (Å²) in [5.41, 5.74) is 7.21. The first kappa shape index (κ1) is 7.36. The number of hydrogen-bond donors (Lipinski definition) is 2. The lowest BCUT2D eigenvalue weighted by molar-refractivity contribution is 0.327. The molecule has 62 valence electrons. The van der Waals surface area contributed by atoms with Crippen LogP contribution in [-0.2, 0) is 0 Å². The summed E-state index contributed by atoms with van der Waals surface area (Å²) in [4.78, 5) is 0. The molecule has 0 radical (unpaired) electrons. The molecule has 12 heavy (non-hydrogen) atoms. The van der Waals surface area contributed by atoms with Crippen molar-refractivity contribution in [3.05, 3.63) is 18.2 Å². The molecule has 0 amide bonds. The third-order valence-corrected chi connectivity index (χ3v) is 1.93. The number of nitrogen functional groups attached to an aromatic ring is 1. The summed E-state index contributed by atoms with van der Waals surface area (Å²) in [6.45, 7) is 0. The zero-order chi connectivity index (χ0) is 8.55. The molecule has 1 aliphatic rings. The molecule has 1 atom stereocenters. The van der Waals surface area contributed by atoms with Crippen molar-refractivity contribution in [2.24, 2.45) is 0 Å². The zero-order valence-corrected chi connectivity index (χ0v) is 7.10. The van der Waals surface area contributed by atoms with Gasteiger partial charge in [-0.2, -0.15) is 0 Å². The van der Waals surface area contributed by atoms with Gasteiger partial charge in [-0.25, -0.2) is 0 Å². The third-order valence-electron chi connectivity index (χ3n) is 1.68. The molecule has 2 rings (SSSR count). The predicted molar refractivity (Wildman–Crippen MR) is 52.5 cm³/mol. The monoisotopic (exact) mass is 180 g/mol. The van der Waals surface area contributed by atoms with Gasteiger partial charge in [0.2, 0.25) is 0 Å². The second-order valence-corrected chi connectivity index (χ2v) is 2.85. The summed E-state index contributed by atoms with van der Waals surface area (Å²) in [6, 6.07) is 5.48. The van der Waals surface area contributed by atoms with Gasteiger partial charge in [0.1, 0.15) is 5.75 Å². The van der Waals surface area contributed by atoms with Gasteiger partial charge in [0, 0.05) is 17.1 Å². The number of rotatable bonds is 1. The molecule has 3 nitrogen and oxygen atoms in total. The molecule has 0 saturated heterocycles. The van der Waals surface area contributed by atoms with Crippen molar-refractivity contribution in [1.29, 1.82) is 0 Å². The van der Waals surface area contributed by atoms with Crippen molar-refractivity contribution in [1.82, 2.24) is 0 Å². The van der Waals surface area contributed by atoms with E-state index in [1.165, 1.54) is 5.37 Å². The summed E-state index contributed by atoms with van der Waals surface area (Å²) in [7, 11) is 0. The van der Waals surface area contributed by atoms with E-state index in [0.717, 1.165) is 11.4 Å². The van der Waals surface area contributed by atoms with Gasteiger partial charge in [-0.1, -0.05) is 12.2 Å². The van der Waals surface area contributed by atoms with E-state index in [2.05, 4.69) is 5.32 Å². The van der Waals surface area contributed by atoms with E-state index in [0.29, 0.717) is 5.69 Å². The van der Waals surface area contributed by atoms with Gasteiger partial charge in [0.15, 0.2) is 6.23 Å². The first-order valence-electron chi connectivity index (χ1n) is 3.57. The van der Waals surface area contributed by atoms with Crippen LogP contribution in [0.25, 0.3) is 0 Å². The van der Waals surface area contributed by atoms with E-state index < -0.39 is 0 Å². The number of nitrogens with one attached hydrogen (secondary N) is 1. The molecule has 0 aromatic heterocycles. The second kappa shape index (κ2) is 2.64. The van der Waals surface area contributed by atoms with Crippen LogP contribution in [0.4, 0.5) is 11.4 Å². The fourth-order valence-electron chi connectivity index (χ4n) is 1.14. The largest absolute Gasteiger partial charge is 0.464 e. The van der Waals surface area contributed by atoms with Gasteiger partial charge < -0.3 is 15.8 Å². The Morgan fingerprint density at radius 1 is 1.58 bits per heavy atom. The summed E-state index contributed by atoms with van der Waals surface area (Å²) >= 11 is 4.75. The van der Waals surface area contributed by atoms with E-state index in [9.17, 15) is 0 Å². The Balaban J connectivity index is 2.35. The highest BCUT2D eigenvalue weighted by Crippen LogP contribution is 2.32. The quantitative estimate of drug-likeness (QED) is 0.506. The van der Waals surface area contributed by atoms with Crippen LogP contribution in [0, 0.1) is 0 Å². The average molecular weight is 180 g/mol. The smallest absolute Gasteiger partial charge is 0.199 e. The summed E-state index contributed by atoms with van der Waals surface area (Å²) in [5, 5.41) is 4.61. The Labute approximate surface area is 75.5 Å². The lowest BCUT2D eigenvalue weighted by Gasteiger charge is -2.01. The second-order valence-electron chi connectivity index (χ2n) is 2.57. The lowest BCUT2D eigenvalue weighted by Crippen LogP contribution is -2.20. The molecule has 0 aliphatic carbocycles. The maximum Gasteiger partial charge on any atom is 0.199 e. The SMILES string of the molecule is Nc1ccc2c(c1)OC(C=S)N2. The predicted octanol–water partition coefficient (Wildman–Crippen LogP) is 1.40. The zero-order valence-electron chi connectivity index (χ0n) is 6.28. The molecule has 0 bridgehead atoms. The van der Waals surface area contributed by atoms with Gasteiger partial charge >= 0.3 is 0 Å². The fraction of sp³-hybridized carbons (Fsp3) is 0.125. The lowest BCUT2D eigenvalue weighted by atomic mass is 10.3. The first-order chi connectivity index (χ1) is 5.79. The third kappa shape index (κ3) is 1.10. The van der Waals surface area contributed by atoms with Crippen LogP contribution in [-0.4, -0.2) is 11.6 Å². The number of benzene rings is 1. The van der Waals surface area contributed by atoms with Crippen LogP contribution in [0.15, 0.2) is 18.2 Å². The summed E-state index contributed by atoms with van der Waals surface area (Å²) in [5.74, 6) is 0.765. The summed E-state index contributed by atoms with van der Waals surface area (Å²) < 4.78 is 5.39. The minimum Gasteiger partial charge on any atom is -0.464 e. The van der Waals surface area contributed by atoms with Crippen LogP contribution < -0.4 is 15.8 Å². The van der Waals surface area contributed by atoms with Crippen LogP contribution in [0.5, 0.6) is 5.75 Å². The minimum atomic E-state index is -0.197. The van der Waals surface area contributed by atoms with Crippen LogP contribution in [0.3, 0.4) is 0 Å².